The Labute approximate surface area is 138 Å². The first-order valence-corrected chi connectivity index (χ1v) is 10.8. The lowest BCUT2D eigenvalue weighted by atomic mass is 10.1. The highest BCUT2D eigenvalue weighted by Gasteiger charge is 1.94. The predicted molar refractivity (Wildman–Crippen MR) is 99.3 cm³/mol. The van der Waals surface area contributed by atoms with Gasteiger partial charge < -0.3 is 5.11 Å². The maximum Gasteiger partial charge on any atom is 0.0431 e. The molecule has 0 unspecified atom stereocenters. The van der Waals surface area contributed by atoms with Crippen molar-refractivity contribution >= 4 is 11.8 Å². The molecule has 0 aromatic rings. The van der Waals surface area contributed by atoms with Crippen molar-refractivity contribution in [2.75, 3.05) is 18.1 Å². The average Bonchev–Trinajstić information content (AvgIpc) is 2.50. The van der Waals surface area contributed by atoms with E-state index < -0.39 is 0 Å². The first-order chi connectivity index (χ1) is 10.4. The summed E-state index contributed by atoms with van der Waals surface area (Å²) in [5.41, 5.74) is 0. The van der Waals surface area contributed by atoms with E-state index in [2.05, 4.69) is 18.7 Å². The Morgan fingerprint density at radius 2 is 0.905 bits per heavy atom. The monoisotopic (exact) mass is 316 g/mol. The number of aliphatic hydroxyl groups excluding tert-OH is 1. The molecule has 128 valence electrons. The third-order valence-electron chi connectivity index (χ3n) is 4.09. The SMILES string of the molecule is CCCCCCCSCCCCCCCCCCCCO. The second-order valence-electron chi connectivity index (χ2n) is 6.29. The molecule has 0 radical (unpaired) electrons. The van der Waals surface area contributed by atoms with E-state index in [-0.39, 0.29) is 0 Å². The third kappa shape index (κ3) is 20.3. The highest BCUT2D eigenvalue weighted by Crippen LogP contribution is 2.14. The van der Waals surface area contributed by atoms with E-state index in [1.165, 1.54) is 101 Å². The molecule has 0 aliphatic carbocycles. The Hall–Kier alpha value is 0.310. The molecule has 0 fully saturated rings. The minimum atomic E-state index is 0.372. The summed E-state index contributed by atoms with van der Waals surface area (Å²) in [6.45, 7) is 2.66. The van der Waals surface area contributed by atoms with Gasteiger partial charge in [0, 0.05) is 6.61 Å². The van der Waals surface area contributed by atoms with Crippen LogP contribution in [-0.4, -0.2) is 23.2 Å². The summed E-state index contributed by atoms with van der Waals surface area (Å²) < 4.78 is 0. The first kappa shape index (κ1) is 21.3. The maximum atomic E-state index is 8.69. The van der Waals surface area contributed by atoms with Crippen molar-refractivity contribution in [3.05, 3.63) is 0 Å². The molecule has 0 bridgehead atoms. The lowest BCUT2D eigenvalue weighted by molar-refractivity contribution is 0.282. The van der Waals surface area contributed by atoms with Gasteiger partial charge in [-0.3, -0.25) is 0 Å². The number of hydrogen-bond acceptors (Lipinski definition) is 2. The van der Waals surface area contributed by atoms with Crippen molar-refractivity contribution in [1.82, 2.24) is 0 Å². The summed E-state index contributed by atoms with van der Waals surface area (Å²) in [5, 5.41) is 8.69. The van der Waals surface area contributed by atoms with Crippen LogP contribution in [-0.2, 0) is 0 Å². The van der Waals surface area contributed by atoms with Crippen molar-refractivity contribution in [2.45, 2.75) is 103 Å². The summed E-state index contributed by atoms with van der Waals surface area (Å²) in [5.74, 6) is 2.77. The summed E-state index contributed by atoms with van der Waals surface area (Å²) in [4.78, 5) is 0. The minimum Gasteiger partial charge on any atom is -0.396 e. The topological polar surface area (TPSA) is 20.2 Å². The zero-order valence-corrected chi connectivity index (χ0v) is 15.4. The van der Waals surface area contributed by atoms with Crippen LogP contribution < -0.4 is 0 Å². The molecule has 0 saturated carbocycles. The number of hydrogen-bond donors (Lipinski definition) is 1. The minimum absolute atomic E-state index is 0.372. The van der Waals surface area contributed by atoms with Crippen molar-refractivity contribution in [3.8, 4) is 0 Å². The van der Waals surface area contributed by atoms with Crippen molar-refractivity contribution in [2.24, 2.45) is 0 Å². The van der Waals surface area contributed by atoms with Crippen LogP contribution in [0.25, 0.3) is 0 Å². The fraction of sp³-hybridized carbons (Fsp3) is 1.00. The van der Waals surface area contributed by atoms with Gasteiger partial charge >= 0.3 is 0 Å². The summed E-state index contributed by atoms with van der Waals surface area (Å²) in [6.07, 6.45) is 20.5. The van der Waals surface area contributed by atoms with Gasteiger partial charge in [-0.25, -0.2) is 0 Å². The van der Waals surface area contributed by atoms with Gasteiger partial charge in [-0.05, 0) is 30.8 Å². The third-order valence-corrected chi connectivity index (χ3v) is 5.24. The van der Waals surface area contributed by atoms with Crippen LogP contribution in [0.2, 0.25) is 0 Å². The maximum absolute atomic E-state index is 8.69. The van der Waals surface area contributed by atoms with E-state index in [9.17, 15) is 0 Å². The Bertz CT molecular complexity index is 155. The van der Waals surface area contributed by atoms with Gasteiger partial charge in [-0.2, -0.15) is 11.8 Å². The van der Waals surface area contributed by atoms with Crippen LogP contribution in [0.5, 0.6) is 0 Å². The van der Waals surface area contributed by atoms with E-state index in [4.69, 9.17) is 5.11 Å². The summed E-state index contributed by atoms with van der Waals surface area (Å²) in [6, 6.07) is 0. The quantitative estimate of drug-likeness (QED) is 0.288. The average molecular weight is 317 g/mol. The lowest BCUT2D eigenvalue weighted by Crippen LogP contribution is -1.87. The normalized spacial score (nSPS) is 11.1. The van der Waals surface area contributed by atoms with Gasteiger partial charge in [0.05, 0.1) is 0 Å². The van der Waals surface area contributed by atoms with Crippen molar-refractivity contribution in [1.29, 1.82) is 0 Å². The van der Waals surface area contributed by atoms with E-state index in [0.29, 0.717) is 6.61 Å². The Morgan fingerprint density at radius 3 is 1.33 bits per heavy atom. The van der Waals surface area contributed by atoms with Gasteiger partial charge in [0.1, 0.15) is 0 Å². The zero-order valence-electron chi connectivity index (χ0n) is 14.6. The second kappa shape index (κ2) is 20.3. The van der Waals surface area contributed by atoms with Crippen LogP contribution >= 0.6 is 11.8 Å². The van der Waals surface area contributed by atoms with E-state index >= 15 is 0 Å². The molecule has 0 aromatic heterocycles. The smallest absolute Gasteiger partial charge is 0.0431 e. The van der Waals surface area contributed by atoms with Crippen LogP contribution in [0.1, 0.15) is 103 Å². The highest BCUT2D eigenvalue weighted by atomic mass is 32.2. The molecule has 0 aliphatic heterocycles. The fourth-order valence-corrected chi connectivity index (χ4v) is 3.66. The largest absolute Gasteiger partial charge is 0.396 e. The van der Waals surface area contributed by atoms with Gasteiger partial charge in [-0.1, -0.05) is 84.0 Å². The van der Waals surface area contributed by atoms with E-state index in [1.807, 2.05) is 0 Å². The van der Waals surface area contributed by atoms with E-state index in [1.54, 1.807) is 0 Å². The Morgan fingerprint density at radius 1 is 0.524 bits per heavy atom. The Balaban J connectivity index is 2.90. The standard InChI is InChI=1S/C19H40OS/c1-2-3-4-12-15-18-21-19-16-13-10-8-6-5-7-9-11-14-17-20/h20H,2-19H2,1H3. The van der Waals surface area contributed by atoms with Crippen molar-refractivity contribution < 1.29 is 5.11 Å². The van der Waals surface area contributed by atoms with Crippen LogP contribution in [0.4, 0.5) is 0 Å². The fourth-order valence-electron chi connectivity index (χ4n) is 2.64. The molecule has 0 heterocycles. The molecule has 0 aromatic carbocycles. The van der Waals surface area contributed by atoms with Gasteiger partial charge in [0.25, 0.3) is 0 Å². The molecule has 2 heteroatoms. The molecule has 0 atom stereocenters. The number of thioether (sulfide) groups is 1. The Kier molecular flexibility index (Phi) is 20.6. The molecule has 1 nitrogen and oxygen atoms in total. The van der Waals surface area contributed by atoms with Crippen molar-refractivity contribution in [3.63, 3.8) is 0 Å². The molecular formula is C19H40OS. The first-order valence-electron chi connectivity index (χ1n) is 9.60. The number of aliphatic hydroxyl groups is 1. The molecule has 0 rings (SSSR count). The van der Waals surface area contributed by atoms with Crippen LogP contribution in [0.3, 0.4) is 0 Å². The predicted octanol–water partition coefficient (Wildman–Crippen LogP) is 6.58. The van der Waals surface area contributed by atoms with Gasteiger partial charge in [0.15, 0.2) is 0 Å². The molecule has 1 N–H and O–H groups in total. The number of rotatable bonds is 18. The van der Waals surface area contributed by atoms with Gasteiger partial charge in [-0.15, -0.1) is 0 Å². The summed E-state index contributed by atoms with van der Waals surface area (Å²) >= 11 is 2.17. The van der Waals surface area contributed by atoms with E-state index in [0.717, 1.165) is 6.42 Å². The summed E-state index contributed by atoms with van der Waals surface area (Å²) in [7, 11) is 0. The second-order valence-corrected chi connectivity index (χ2v) is 7.51. The molecule has 0 saturated heterocycles. The van der Waals surface area contributed by atoms with Crippen LogP contribution in [0.15, 0.2) is 0 Å². The lowest BCUT2D eigenvalue weighted by Gasteiger charge is -2.03. The molecule has 0 amide bonds. The molecule has 21 heavy (non-hydrogen) atoms. The number of unbranched alkanes of at least 4 members (excludes halogenated alkanes) is 13. The highest BCUT2D eigenvalue weighted by molar-refractivity contribution is 7.99. The molecular weight excluding hydrogens is 276 g/mol. The van der Waals surface area contributed by atoms with Crippen LogP contribution in [0, 0.1) is 0 Å². The van der Waals surface area contributed by atoms with Gasteiger partial charge in [0.2, 0.25) is 0 Å². The zero-order chi connectivity index (χ0) is 15.4. The molecule has 0 spiro atoms. The molecule has 0 aliphatic rings.